The van der Waals surface area contributed by atoms with Crippen LogP contribution in [0.3, 0.4) is 0 Å². The molecule has 6 nitrogen and oxygen atoms in total. The molecule has 1 aromatic heterocycles. The maximum atomic E-state index is 14.3. The molecule has 2 aliphatic heterocycles. The monoisotopic (exact) mass is 478 g/mol. The van der Waals surface area contributed by atoms with Gasteiger partial charge in [-0.3, -0.25) is 14.4 Å². The predicted molar refractivity (Wildman–Crippen MR) is 138 cm³/mol. The first-order valence-corrected chi connectivity index (χ1v) is 12.2. The van der Waals surface area contributed by atoms with Crippen LogP contribution in [0.1, 0.15) is 50.9 Å². The molecular formula is C30H26N2O4. The van der Waals surface area contributed by atoms with E-state index in [-0.39, 0.29) is 29.2 Å². The molecule has 1 unspecified atom stereocenters. The zero-order valence-corrected chi connectivity index (χ0v) is 20.7. The Hall–Kier alpha value is -4.19. The molecule has 6 heteroatoms. The molecule has 0 aliphatic carbocycles. The van der Waals surface area contributed by atoms with Gasteiger partial charge in [-0.2, -0.15) is 0 Å². The van der Waals surface area contributed by atoms with E-state index in [1.165, 1.54) is 4.90 Å². The van der Waals surface area contributed by atoms with E-state index >= 15 is 0 Å². The average molecular weight is 479 g/mol. The average Bonchev–Trinajstić information content (AvgIpc) is 3.26. The van der Waals surface area contributed by atoms with Crippen molar-refractivity contribution in [1.82, 2.24) is 4.90 Å². The quantitative estimate of drug-likeness (QED) is 0.416. The van der Waals surface area contributed by atoms with Crippen LogP contribution in [0.5, 0.6) is 0 Å². The summed E-state index contributed by atoms with van der Waals surface area (Å²) in [4.78, 5) is 45.8. The maximum Gasteiger partial charge on any atom is 0.291 e. The van der Waals surface area contributed by atoms with E-state index in [1.54, 1.807) is 17.0 Å². The summed E-state index contributed by atoms with van der Waals surface area (Å²) >= 11 is 0. The third kappa shape index (κ3) is 2.75. The number of amides is 2. The van der Waals surface area contributed by atoms with Gasteiger partial charge in [0.1, 0.15) is 5.58 Å². The van der Waals surface area contributed by atoms with E-state index in [4.69, 9.17) is 4.42 Å². The van der Waals surface area contributed by atoms with E-state index in [0.29, 0.717) is 28.8 Å². The molecule has 36 heavy (non-hydrogen) atoms. The van der Waals surface area contributed by atoms with E-state index in [2.05, 4.69) is 0 Å². The van der Waals surface area contributed by atoms with Crippen molar-refractivity contribution in [1.29, 1.82) is 0 Å². The first-order chi connectivity index (χ1) is 17.3. The van der Waals surface area contributed by atoms with E-state index < -0.39 is 11.4 Å². The van der Waals surface area contributed by atoms with Gasteiger partial charge in [-0.25, -0.2) is 0 Å². The summed E-state index contributed by atoms with van der Waals surface area (Å²) in [5.41, 5.74) is 3.75. The number of rotatable bonds is 3. The van der Waals surface area contributed by atoms with Crippen molar-refractivity contribution in [2.75, 3.05) is 11.4 Å². The van der Waals surface area contributed by atoms with Gasteiger partial charge in [-0.1, -0.05) is 48.0 Å². The Morgan fingerprint density at radius 1 is 0.889 bits per heavy atom. The summed E-state index contributed by atoms with van der Waals surface area (Å²) in [5.74, 6) is -0.811. The van der Waals surface area contributed by atoms with Crippen molar-refractivity contribution < 1.29 is 14.0 Å². The standard InChI is InChI=1S/C30H26N2O4/c1-5-31-23-9-7-6-8-22(23)30(29(31)35)25-26(33)21-14-18(3)19(4)15-24(21)36-27(25)28(34)32(30)16-20-12-10-17(2)11-13-20/h6-15H,5,16H2,1-4H3. The molecule has 0 N–H and O–H groups in total. The fourth-order valence-corrected chi connectivity index (χ4v) is 5.66. The molecule has 1 spiro atoms. The van der Waals surface area contributed by atoms with Crippen LogP contribution in [0, 0.1) is 20.8 Å². The molecule has 0 fully saturated rings. The summed E-state index contributed by atoms with van der Waals surface area (Å²) in [5, 5.41) is 0.376. The number of fused-ring (bicyclic) bond motifs is 5. The molecule has 180 valence electrons. The van der Waals surface area contributed by atoms with Crippen LogP contribution in [-0.2, 0) is 16.9 Å². The van der Waals surface area contributed by atoms with Crippen molar-refractivity contribution in [3.05, 3.63) is 110 Å². The predicted octanol–water partition coefficient (Wildman–Crippen LogP) is 4.98. The number of para-hydroxylation sites is 1. The molecular weight excluding hydrogens is 452 g/mol. The van der Waals surface area contributed by atoms with Crippen molar-refractivity contribution in [3.63, 3.8) is 0 Å². The Balaban J connectivity index is 1.71. The number of likely N-dealkylation sites (N-methyl/N-ethyl adjacent to an activating group) is 1. The lowest BCUT2D eigenvalue weighted by Crippen LogP contribution is -2.53. The summed E-state index contributed by atoms with van der Waals surface area (Å²) in [6, 6.07) is 18.8. The van der Waals surface area contributed by atoms with Gasteiger partial charge < -0.3 is 14.2 Å². The van der Waals surface area contributed by atoms with Crippen LogP contribution in [-0.4, -0.2) is 23.3 Å². The number of carbonyl (C=O) groups excluding carboxylic acids is 2. The minimum absolute atomic E-state index is 0.0519. The highest BCUT2D eigenvalue weighted by molar-refractivity contribution is 6.17. The number of nitrogens with zero attached hydrogens (tertiary/aromatic N) is 2. The van der Waals surface area contributed by atoms with Gasteiger partial charge in [-0.15, -0.1) is 0 Å². The fraction of sp³-hybridized carbons (Fsp3) is 0.233. The first kappa shape index (κ1) is 22.3. The lowest BCUT2D eigenvalue weighted by atomic mass is 9.83. The Morgan fingerprint density at radius 2 is 1.58 bits per heavy atom. The molecule has 2 amide bonds. The topological polar surface area (TPSA) is 70.8 Å². The van der Waals surface area contributed by atoms with Crippen LogP contribution in [0.15, 0.2) is 69.9 Å². The second-order valence-electron chi connectivity index (χ2n) is 9.72. The molecule has 3 heterocycles. The summed E-state index contributed by atoms with van der Waals surface area (Å²) in [6.07, 6.45) is 0. The fourth-order valence-electron chi connectivity index (χ4n) is 5.66. The Labute approximate surface area is 208 Å². The highest BCUT2D eigenvalue weighted by atomic mass is 16.3. The van der Waals surface area contributed by atoms with Gasteiger partial charge in [0.05, 0.1) is 16.6 Å². The zero-order valence-electron chi connectivity index (χ0n) is 20.7. The van der Waals surface area contributed by atoms with Gasteiger partial charge >= 0.3 is 0 Å². The highest BCUT2D eigenvalue weighted by Gasteiger charge is 2.64. The van der Waals surface area contributed by atoms with Gasteiger partial charge in [-0.05, 0) is 62.6 Å². The Kier molecular flexibility index (Phi) is 4.74. The largest absolute Gasteiger partial charge is 0.450 e. The van der Waals surface area contributed by atoms with Crippen LogP contribution in [0.2, 0.25) is 0 Å². The SMILES string of the molecule is CCN1C(=O)C2(c3ccccc31)c1c(oc3cc(C)c(C)cc3c1=O)C(=O)N2Cc1ccc(C)cc1. The number of aryl methyl sites for hydroxylation is 3. The number of benzene rings is 3. The van der Waals surface area contributed by atoms with Gasteiger partial charge in [0, 0.05) is 18.7 Å². The smallest absolute Gasteiger partial charge is 0.291 e. The Morgan fingerprint density at radius 3 is 2.31 bits per heavy atom. The summed E-state index contributed by atoms with van der Waals surface area (Å²) in [6.45, 7) is 8.33. The van der Waals surface area contributed by atoms with Crippen molar-refractivity contribution >= 4 is 28.5 Å². The molecule has 1 atom stereocenters. The molecule has 3 aromatic carbocycles. The summed E-state index contributed by atoms with van der Waals surface area (Å²) < 4.78 is 6.18. The molecule has 0 radical (unpaired) electrons. The molecule has 0 saturated carbocycles. The maximum absolute atomic E-state index is 14.3. The third-order valence-corrected chi connectivity index (χ3v) is 7.63. The van der Waals surface area contributed by atoms with Crippen molar-refractivity contribution in [2.45, 2.75) is 39.8 Å². The van der Waals surface area contributed by atoms with Crippen LogP contribution in [0.25, 0.3) is 11.0 Å². The Bertz CT molecular complexity index is 1650. The first-order valence-electron chi connectivity index (χ1n) is 12.2. The molecule has 2 aliphatic rings. The normalized spacial score (nSPS) is 18.4. The van der Waals surface area contributed by atoms with Crippen molar-refractivity contribution in [3.8, 4) is 0 Å². The minimum atomic E-state index is -1.59. The van der Waals surface area contributed by atoms with Crippen LogP contribution in [0.4, 0.5) is 5.69 Å². The van der Waals surface area contributed by atoms with E-state index in [1.807, 2.05) is 76.2 Å². The zero-order chi connectivity index (χ0) is 25.4. The van der Waals surface area contributed by atoms with Crippen LogP contribution >= 0.6 is 0 Å². The number of hydrogen-bond donors (Lipinski definition) is 0. The summed E-state index contributed by atoms with van der Waals surface area (Å²) in [7, 11) is 0. The van der Waals surface area contributed by atoms with Crippen LogP contribution < -0.4 is 10.3 Å². The van der Waals surface area contributed by atoms with Gasteiger partial charge in [0.2, 0.25) is 5.76 Å². The molecule has 0 bridgehead atoms. The minimum Gasteiger partial charge on any atom is -0.450 e. The third-order valence-electron chi connectivity index (χ3n) is 7.63. The van der Waals surface area contributed by atoms with Crippen molar-refractivity contribution in [2.24, 2.45) is 0 Å². The molecule has 4 aromatic rings. The highest BCUT2D eigenvalue weighted by Crippen LogP contribution is 2.53. The molecule has 0 saturated heterocycles. The number of carbonyl (C=O) groups is 2. The second-order valence-corrected chi connectivity index (χ2v) is 9.72. The lowest BCUT2D eigenvalue weighted by Gasteiger charge is -2.34. The molecule has 6 rings (SSSR count). The van der Waals surface area contributed by atoms with E-state index in [9.17, 15) is 14.4 Å². The lowest BCUT2D eigenvalue weighted by molar-refractivity contribution is -0.126. The van der Waals surface area contributed by atoms with Gasteiger partial charge in [0.15, 0.2) is 11.0 Å². The van der Waals surface area contributed by atoms with Gasteiger partial charge in [0.25, 0.3) is 11.8 Å². The van der Waals surface area contributed by atoms with E-state index in [0.717, 1.165) is 22.3 Å². The number of hydrogen-bond acceptors (Lipinski definition) is 4. The number of anilines is 1. The second kappa shape index (κ2) is 7.65.